The molecule has 1 aromatic carbocycles. The van der Waals surface area contributed by atoms with Gasteiger partial charge in [0.05, 0.1) is 5.02 Å². The number of halogens is 1. The van der Waals surface area contributed by atoms with Crippen LogP contribution in [0.25, 0.3) is 0 Å². The van der Waals surface area contributed by atoms with E-state index in [0.29, 0.717) is 19.1 Å². The molecule has 0 amide bonds. The molecule has 0 unspecified atom stereocenters. The van der Waals surface area contributed by atoms with Gasteiger partial charge in [-0.2, -0.15) is 4.31 Å². The summed E-state index contributed by atoms with van der Waals surface area (Å²) in [6, 6.07) is 7.05. The topological polar surface area (TPSA) is 40.6 Å². The van der Waals surface area contributed by atoms with E-state index >= 15 is 0 Å². The van der Waals surface area contributed by atoms with Crippen molar-refractivity contribution in [3.8, 4) is 0 Å². The summed E-state index contributed by atoms with van der Waals surface area (Å²) in [5.74, 6) is 0. The van der Waals surface area contributed by atoms with Gasteiger partial charge in [-0.1, -0.05) is 23.7 Å². The van der Waals surface area contributed by atoms with Gasteiger partial charge in [0.2, 0.25) is 10.0 Å². The second-order valence-corrected chi connectivity index (χ2v) is 7.28. The molecule has 1 saturated heterocycles. The van der Waals surface area contributed by atoms with Gasteiger partial charge < -0.3 is 0 Å². The highest BCUT2D eigenvalue weighted by molar-refractivity contribution is 7.89. The summed E-state index contributed by atoms with van der Waals surface area (Å²) in [7, 11) is -3.47. The zero-order chi connectivity index (χ0) is 14.0. The predicted octanol–water partition coefficient (Wildman–Crippen LogP) is 2.05. The number of sulfonamides is 1. The Kier molecular flexibility index (Phi) is 4.50. The third kappa shape index (κ3) is 3.11. The average molecular weight is 303 g/mol. The van der Waals surface area contributed by atoms with Crippen LogP contribution in [0.5, 0.6) is 0 Å². The molecule has 0 N–H and O–H groups in total. The predicted molar refractivity (Wildman–Crippen MR) is 76.9 cm³/mol. The lowest BCUT2D eigenvalue weighted by Gasteiger charge is -2.36. The van der Waals surface area contributed by atoms with E-state index in [4.69, 9.17) is 11.6 Å². The lowest BCUT2D eigenvalue weighted by atomic mass is 10.3. The van der Waals surface area contributed by atoms with E-state index in [-0.39, 0.29) is 9.92 Å². The summed E-state index contributed by atoms with van der Waals surface area (Å²) in [4.78, 5) is 2.48. The van der Waals surface area contributed by atoms with Gasteiger partial charge in [-0.15, -0.1) is 0 Å². The molecular weight excluding hydrogens is 284 g/mol. The van der Waals surface area contributed by atoms with Crippen LogP contribution in [0, 0.1) is 0 Å². The minimum absolute atomic E-state index is 0.203. The molecule has 0 radical (unpaired) electrons. The molecule has 19 heavy (non-hydrogen) atoms. The minimum atomic E-state index is -3.47. The second kappa shape index (κ2) is 5.79. The smallest absolute Gasteiger partial charge is 0.244 e. The minimum Gasteiger partial charge on any atom is -0.298 e. The van der Waals surface area contributed by atoms with Gasteiger partial charge in [-0.05, 0) is 26.0 Å². The first-order valence-corrected chi connectivity index (χ1v) is 8.23. The fourth-order valence-corrected chi connectivity index (χ4v) is 4.17. The van der Waals surface area contributed by atoms with E-state index < -0.39 is 10.0 Å². The SMILES string of the molecule is CC(C)N1CCN(S(=O)(=O)c2ccccc2Cl)CC1. The highest BCUT2D eigenvalue weighted by Crippen LogP contribution is 2.25. The van der Waals surface area contributed by atoms with E-state index in [1.165, 1.54) is 4.31 Å². The molecule has 0 bridgehead atoms. The molecule has 1 aromatic rings. The molecule has 1 aliphatic heterocycles. The first kappa shape index (κ1) is 14.8. The van der Waals surface area contributed by atoms with Gasteiger partial charge in [0.25, 0.3) is 0 Å². The van der Waals surface area contributed by atoms with Crippen LogP contribution in [0.4, 0.5) is 0 Å². The van der Waals surface area contributed by atoms with Gasteiger partial charge in [0.1, 0.15) is 4.90 Å². The summed E-state index contributed by atoms with van der Waals surface area (Å²) in [5.41, 5.74) is 0. The fourth-order valence-electron chi connectivity index (χ4n) is 2.25. The maximum absolute atomic E-state index is 12.5. The summed E-state index contributed by atoms with van der Waals surface area (Å²) in [6.45, 7) is 6.82. The van der Waals surface area contributed by atoms with Gasteiger partial charge in [0, 0.05) is 32.2 Å². The van der Waals surface area contributed by atoms with E-state index in [0.717, 1.165) is 13.1 Å². The normalized spacial score (nSPS) is 18.9. The monoisotopic (exact) mass is 302 g/mol. The van der Waals surface area contributed by atoms with Crippen LogP contribution in [0.15, 0.2) is 29.2 Å². The van der Waals surface area contributed by atoms with Gasteiger partial charge >= 0.3 is 0 Å². The van der Waals surface area contributed by atoms with Crippen molar-refractivity contribution in [3.63, 3.8) is 0 Å². The summed E-state index contributed by atoms with van der Waals surface area (Å²) < 4.78 is 26.5. The van der Waals surface area contributed by atoms with E-state index in [2.05, 4.69) is 18.7 Å². The molecule has 0 saturated carbocycles. The van der Waals surface area contributed by atoms with Crippen molar-refractivity contribution >= 4 is 21.6 Å². The Hall–Kier alpha value is -0.620. The number of hydrogen-bond acceptors (Lipinski definition) is 3. The molecule has 1 heterocycles. The van der Waals surface area contributed by atoms with Crippen molar-refractivity contribution in [2.24, 2.45) is 0 Å². The molecule has 1 aliphatic rings. The summed E-state index contributed by atoms with van der Waals surface area (Å²) >= 11 is 5.99. The van der Waals surface area contributed by atoms with Gasteiger partial charge in [0.15, 0.2) is 0 Å². The van der Waals surface area contributed by atoms with Crippen LogP contribution in [0.2, 0.25) is 5.02 Å². The Morgan fingerprint density at radius 2 is 1.68 bits per heavy atom. The molecule has 2 rings (SSSR count). The molecule has 1 fully saturated rings. The Bertz CT molecular complexity index is 537. The number of nitrogens with zero attached hydrogens (tertiary/aromatic N) is 2. The Morgan fingerprint density at radius 3 is 2.21 bits per heavy atom. The van der Waals surface area contributed by atoms with Crippen LogP contribution in [-0.2, 0) is 10.0 Å². The Labute approximate surface area is 120 Å². The molecule has 0 aromatic heterocycles. The van der Waals surface area contributed by atoms with Crippen molar-refractivity contribution in [1.82, 2.24) is 9.21 Å². The maximum atomic E-state index is 12.5. The second-order valence-electron chi connectivity index (χ2n) is 4.96. The number of piperazine rings is 1. The third-order valence-electron chi connectivity index (χ3n) is 3.46. The van der Waals surface area contributed by atoms with Crippen LogP contribution in [0.1, 0.15) is 13.8 Å². The van der Waals surface area contributed by atoms with Gasteiger partial charge in [-0.25, -0.2) is 8.42 Å². The van der Waals surface area contributed by atoms with Crippen LogP contribution in [0.3, 0.4) is 0 Å². The van der Waals surface area contributed by atoms with E-state index in [9.17, 15) is 8.42 Å². The molecular formula is C13H19ClN2O2S. The zero-order valence-corrected chi connectivity index (χ0v) is 12.8. The van der Waals surface area contributed by atoms with Crippen LogP contribution in [-0.4, -0.2) is 49.8 Å². The van der Waals surface area contributed by atoms with Crippen molar-refractivity contribution in [2.75, 3.05) is 26.2 Å². The molecule has 0 atom stereocenters. The summed E-state index contributed by atoms with van der Waals surface area (Å²) in [6.07, 6.45) is 0. The van der Waals surface area contributed by atoms with Crippen molar-refractivity contribution in [1.29, 1.82) is 0 Å². The quantitative estimate of drug-likeness (QED) is 0.858. The lowest BCUT2D eigenvalue weighted by Crippen LogP contribution is -2.50. The maximum Gasteiger partial charge on any atom is 0.244 e. The van der Waals surface area contributed by atoms with Gasteiger partial charge in [-0.3, -0.25) is 4.90 Å². The molecule has 4 nitrogen and oxygen atoms in total. The first-order valence-electron chi connectivity index (χ1n) is 6.41. The number of hydrogen-bond donors (Lipinski definition) is 0. The molecule has 0 spiro atoms. The lowest BCUT2D eigenvalue weighted by molar-refractivity contribution is 0.154. The number of benzene rings is 1. The van der Waals surface area contributed by atoms with E-state index in [1.807, 2.05) is 0 Å². The largest absolute Gasteiger partial charge is 0.298 e. The van der Waals surface area contributed by atoms with Crippen LogP contribution < -0.4 is 0 Å². The standard InChI is InChI=1S/C13H19ClN2O2S/c1-11(2)15-7-9-16(10-8-15)19(17,18)13-6-4-3-5-12(13)14/h3-6,11H,7-10H2,1-2H3. The van der Waals surface area contributed by atoms with Crippen molar-refractivity contribution in [2.45, 2.75) is 24.8 Å². The molecule has 0 aliphatic carbocycles. The van der Waals surface area contributed by atoms with Crippen LogP contribution >= 0.6 is 11.6 Å². The first-order chi connectivity index (χ1) is 8.93. The Balaban J connectivity index is 2.17. The van der Waals surface area contributed by atoms with Crippen molar-refractivity contribution < 1.29 is 8.42 Å². The molecule has 106 valence electrons. The number of rotatable bonds is 3. The van der Waals surface area contributed by atoms with E-state index in [1.54, 1.807) is 24.3 Å². The average Bonchev–Trinajstić information content (AvgIpc) is 2.39. The zero-order valence-electron chi connectivity index (χ0n) is 11.2. The third-order valence-corrected chi connectivity index (χ3v) is 5.86. The summed E-state index contributed by atoms with van der Waals surface area (Å²) in [5, 5.41) is 0.286. The highest BCUT2D eigenvalue weighted by atomic mass is 35.5. The van der Waals surface area contributed by atoms with Crippen molar-refractivity contribution in [3.05, 3.63) is 29.3 Å². The Morgan fingerprint density at radius 1 is 1.11 bits per heavy atom. The fraction of sp³-hybridized carbons (Fsp3) is 0.538. The highest BCUT2D eigenvalue weighted by Gasteiger charge is 2.30. The molecule has 6 heteroatoms.